The SMILES string of the molecule is O=C(NCc1cccc2ccccc12)N1CC(OCC(F)(F)F)C1. The zero-order valence-electron chi connectivity index (χ0n) is 12.8. The van der Waals surface area contributed by atoms with Crippen molar-refractivity contribution in [3.63, 3.8) is 0 Å². The van der Waals surface area contributed by atoms with Gasteiger partial charge in [-0.05, 0) is 16.3 Å². The van der Waals surface area contributed by atoms with Crippen LogP contribution in [0, 0.1) is 0 Å². The summed E-state index contributed by atoms with van der Waals surface area (Å²) in [5.41, 5.74) is 0.992. The number of likely N-dealkylation sites (tertiary alicyclic amines) is 1. The van der Waals surface area contributed by atoms with Crippen LogP contribution in [-0.2, 0) is 11.3 Å². The average molecular weight is 338 g/mol. The van der Waals surface area contributed by atoms with E-state index in [4.69, 9.17) is 4.74 Å². The second-order valence-electron chi connectivity index (χ2n) is 5.75. The first kappa shape index (κ1) is 16.6. The maximum absolute atomic E-state index is 12.1. The molecule has 3 rings (SSSR count). The van der Waals surface area contributed by atoms with Crippen molar-refractivity contribution in [2.45, 2.75) is 18.8 Å². The summed E-state index contributed by atoms with van der Waals surface area (Å²) in [6.45, 7) is -0.553. The van der Waals surface area contributed by atoms with Gasteiger partial charge in [-0.15, -0.1) is 0 Å². The van der Waals surface area contributed by atoms with Gasteiger partial charge in [-0.25, -0.2) is 4.79 Å². The average Bonchev–Trinajstić information content (AvgIpc) is 2.50. The van der Waals surface area contributed by atoms with Crippen molar-refractivity contribution in [2.24, 2.45) is 0 Å². The van der Waals surface area contributed by atoms with Crippen molar-refractivity contribution in [2.75, 3.05) is 19.7 Å². The molecule has 0 spiro atoms. The molecule has 24 heavy (non-hydrogen) atoms. The lowest BCUT2D eigenvalue weighted by Crippen LogP contribution is -2.58. The van der Waals surface area contributed by atoms with Gasteiger partial charge in [0.05, 0.1) is 19.2 Å². The highest BCUT2D eigenvalue weighted by Crippen LogP contribution is 2.20. The fourth-order valence-electron chi connectivity index (χ4n) is 2.65. The number of carbonyl (C=O) groups excluding carboxylic acids is 1. The summed E-state index contributed by atoms with van der Waals surface area (Å²) in [4.78, 5) is 13.5. The standard InChI is InChI=1S/C17H17F3N2O2/c18-17(19,20)11-24-14-9-22(10-14)16(23)21-8-13-6-3-5-12-4-1-2-7-15(12)13/h1-7,14H,8-11H2,(H,21,23). The molecule has 2 aromatic rings. The summed E-state index contributed by atoms with van der Waals surface area (Å²) in [5.74, 6) is 0. The number of fused-ring (bicyclic) bond motifs is 1. The van der Waals surface area contributed by atoms with Crippen molar-refractivity contribution in [3.05, 3.63) is 48.0 Å². The number of amides is 2. The zero-order valence-corrected chi connectivity index (χ0v) is 12.8. The Morgan fingerprint density at radius 2 is 1.88 bits per heavy atom. The van der Waals surface area contributed by atoms with Crippen molar-refractivity contribution in [3.8, 4) is 0 Å². The third-order valence-electron chi connectivity index (χ3n) is 3.93. The highest BCUT2D eigenvalue weighted by molar-refractivity contribution is 5.86. The minimum absolute atomic E-state index is 0.178. The van der Waals surface area contributed by atoms with Gasteiger partial charge in [0, 0.05) is 6.54 Å². The van der Waals surface area contributed by atoms with Crippen LogP contribution in [0.1, 0.15) is 5.56 Å². The largest absolute Gasteiger partial charge is 0.411 e. The maximum atomic E-state index is 12.1. The Kier molecular flexibility index (Phi) is 4.62. The molecule has 1 aliphatic rings. The molecule has 4 nitrogen and oxygen atoms in total. The van der Waals surface area contributed by atoms with Crippen LogP contribution in [0.4, 0.5) is 18.0 Å². The Morgan fingerprint density at radius 1 is 1.17 bits per heavy atom. The fraction of sp³-hybridized carbons (Fsp3) is 0.353. The van der Waals surface area contributed by atoms with Crippen molar-refractivity contribution in [1.82, 2.24) is 10.2 Å². The van der Waals surface area contributed by atoms with Crippen LogP contribution in [0.2, 0.25) is 0 Å². The molecule has 1 heterocycles. The normalized spacial score (nSPS) is 15.4. The molecule has 2 aromatic carbocycles. The van der Waals surface area contributed by atoms with E-state index in [-0.39, 0.29) is 19.1 Å². The number of rotatable bonds is 4. The van der Waals surface area contributed by atoms with Crippen molar-refractivity contribution in [1.29, 1.82) is 0 Å². The van der Waals surface area contributed by atoms with Crippen LogP contribution in [0.5, 0.6) is 0 Å². The molecular weight excluding hydrogens is 321 g/mol. The van der Waals surface area contributed by atoms with Gasteiger partial charge in [0.25, 0.3) is 0 Å². The number of nitrogens with one attached hydrogen (secondary N) is 1. The van der Waals surface area contributed by atoms with Gasteiger partial charge in [0.2, 0.25) is 0 Å². The van der Waals surface area contributed by atoms with E-state index in [1.54, 1.807) is 0 Å². The predicted molar refractivity (Wildman–Crippen MR) is 83.6 cm³/mol. The zero-order chi connectivity index (χ0) is 17.2. The van der Waals surface area contributed by atoms with E-state index >= 15 is 0 Å². The van der Waals surface area contributed by atoms with Crippen LogP contribution >= 0.6 is 0 Å². The Labute approximate surface area is 137 Å². The first-order valence-corrected chi connectivity index (χ1v) is 7.60. The van der Waals surface area contributed by atoms with Crippen LogP contribution < -0.4 is 5.32 Å². The number of nitrogens with zero attached hydrogens (tertiary/aromatic N) is 1. The fourth-order valence-corrected chi connectivity index (χ4v) is 2.65. The molecule has 1 aliphatic heterocycles. The molecule has 1 fully saturated rings. The van der Waals surface area contributed by atoms with E-state index in [2.05, 4.69) is 5.32 Å². The summed E-state index contributed by atoms with van der Waals surface area (Å²) >= 11 is 0. The molecule has 0 aromatic heterocycles. The van der Waals surface area contributed by atoms with Gasteiger partial charge in [-0.2, -0.15) is 13.2 Å². The summed E-state index contributed by atoms with van der Waals surface area (Å²) in [6.07, 6.45) is -4.88. The van der Waals surface area contributed by atoms with Crippen molar-refractivity contribution >= 4 is 16.8 Å². The summed E-state index contributed by atoms with van der Waals surface area (Å²) in [6, 6.07) is 13.4. The second-order valence-corrected chi connectivity index (χ2v) is 5.75. The Bertz CT molecular complexity index is 722. The van der Waals surface area contributed by atoms with E-state index < -0.39 is 18.9 Å². The van der Waals surface area contributed by atoms with E-state index in [0.717, 1.165) is 16.3 Å². The first-order valence-electron chi connectivity index (χ1n) is 7.60. The summed E-state index contributed by atoms with van der Waals surface area (Å²) in [7, 11) is 0. The smallest absolute Gasteiger partial charge is 0.365 e. The van der Waals surface area contributed by atoms with E-state index in [1.807, 2.05) is 42.5 Å². The predicted octanol–water partition coefficient (Wildman–Crippen LogP) is 3.31. The monoisotopic (exact) mass is 338 g/mol. The third kappa shape index (κ3) is 3.97. The van der Waals surface area contributed by atoms with Crippen molar-refractivity contribution < 1.29 is 22.7 Å². The molecule has 1 saturated heterocycles. The molecule has 0 saturated carbocycles. The van der Waals surface area contributed by atoms with E-state index in [9.17, 15) is 18.0 Å². The molecule has 0 aliphatic carbocycles. The minimum atomic E-state index is -4.34. The molecule has 1 N–H and O–H groups in total. The maximum Gasteiger partial charge on any atom is 0.411 e. The number of urea groups is 1. The van der Waals surface area contributed by atoms with Gasteiger partial charge in [0.1, 0.15) is 6.61 Å². The highest BCUT2D eigenvalue weighted by Gasteiger charge is 2.35. The number of alkyl halides is 3. The van der Waals surface area contributed by atoms with Gasteiger partial charge >= 0.3 is 12.2 Å². The molecular formula is C17H17F3N2O2. The lowest BCUT2D eigenvalue weighted by molar-refractivity contribution is -0.195. The number of carbonyl (C=O) groups is 1. The molecule has 2 amide bonds. The van der Waals surface area contributed by atoms with Gasteiger partial charge in [-0.1, -0.05) is 42.5 Å². The minimum Gasteiger partial charge on any atom is -0.365 e. The molecule has 128 valence electrons. The Hall–Kier alpha value is -2.28. The van der Waals surface area contributed by atoms with E-state index in [0.29, 0.717) is 6.54 Å². The molecule has 0 bridgehead atoms. The van der Waals surface area contributed by atoms with Gasteiger partial charge in [-0.3, -0.25) is 0 Å². The lowest BCUT2D eigenvalue weighted by Gasteiger charge is -2.38. The Morgan fingerprint density at radius 3 is 2.62 bits per heavy atom. The molecule has 7 heteroatoms. The van der Waals surface area contributed by atoms with E-state index in [1.165, 1.54) is 4.90 Å². The number of hydrogen-bond acceptors (Lipinski definition) is 2. The molecule has 0 atom stereocenters. The van der Waals surface area contributed by atoms with Crippen LogP contribution in [0.15, 0.2) is 42.5 Å². The van der Waals surface area contributed by atoms with Crippen LogP contribution in [0.3, 0.4) is 0 Å². The quantitative estimate of drug-likeness (QED) is 0.929. The van der Waals surface area contributed by atoms with Crippen LogP contribution in [-0.4, -0.2) is 42.9 Å². The molecule has 0 unspecified atom stereocenters. The number of halogens is 3. The topological polar surface area (TPSA) is 41.6 Å². The highest BCUT2D eigenvalue weighted by atomic mass is 19.4. The van der Waals surface area contributed by atoms with Gasteiger partial charge in [0.15, 0.2) is 0 Å². The summed E-state index contributed by atoms with van der Waals surface area (Å²) in [5, 5.41) is 4.95. The summed E-state index contributed by atoms with van der Waals surface area (Å²) < 4.78 is 40.8. The molecule has 0 radical (unpaired) electrons. The Balaban J connectivity index is 1.48. The third-order valence-corrected chi connectivity index (χ3v) is 3.93. The first-order chi connectivity index (χ1) is 11.4. The number of ether oxygens (including phenoxy) is 1. The second kappa shape index (κ2) is 6.68. The van der Waals surface area contributed by atoms with Gasteiger partial charge < -0.3 is 15.0 Å². The van der Waals surface area contributed by atoms with Crippen LogP contribution in [0.25, 0.3) is 10.8 Å². The lowest BCUT2D eigenvalue weighted by atomic mass is 10.0. The number of benzene rings is 2. The number of hydrogen-bond donors (Lipinski definition) is 1.